The van der Waals surface area contributed by atoms with E-state index in [0.717, 1.165) is 22.6 Å². The number of ether oxygens (including phenoxy) is 1. The van der Waals surface area contributed by atoms with E-state index in [4.69, 9.17) is 9.15 Å². The van der Waals surface area contributed by atoms with Crippen molar-refractivity contribution in [1.29, 1.82) is 0 Å². The van der Waals surface area contributed by atoms with E-state index >= 15 is 0 Å². The van der Waals surface area contributed by atoms with Crippen molar-refractivity contribution in [3.63, 3.8) is 0 Å². The first-order valence-electron chi connectivity index (χ1n) is 11.8. The summed E-state index contributed by atoms with van der Waals surface area (Å²) in [5.74, 6) is 0.378. The molecule has 0 saturated heterocycles. The Kier molecular flexibility index (Phi) is 9.33. The molecule has 2 heterocycles. The lowest BCUT2D eigenvalue weighted by Crippen LogP contribution is -2.52. The molecule has 4 rings (SSSR count). The minimum absolute atomic E-state index is 0.146. The van der Waals surface area contributed by atoms with Gasteiger partial charge in [0, 0.05) is 17.8 Å². The normalized spacial score (nSPS) is 16.2. The minimum atomic E-state index is -2.77. The first kappa shape index (κ1) is 27.1. The molecule has 10 nitrogen and oxygen atoms in total. The fraction of sp³-hybridized carbons (Fsp3) is 0.231. The Morgan fingerprint density at radius 3 is 2.39 bits per heavy atom. The molecule has 0 aliphatic carbocycles. The summed E-state index contributed by atoms with van der Waals surface area (Å²) in [5.41, 5.74) is 2.98. The van der Waals surface area contributed by atoms with Crippen LogP contribution in [0.5, 0.6) is 0 Å². The monoisotopic (exact) mass is 556 g/mol. The summed E-state index contributed by atoms with van der Waals surface area (Å²) in [6.07, 6.45) is 1.59. The van der Waals surface area contributed by atoms with E-state index < -0.39 is 29.1 Å². The summed E-state index contributed by atoms with van der Waals surface area (Å²) >= 11 is 1.52. The predicted molar refractivity (Wildman–Crippen MR) is 146 cm³/mol. The number of amides is 2. The Labute approximate surface area is 226 Å². The number of methoxy groups -OCH3 is 1. The van der Waals surface area contributed by atoms with Crippen molar-refractivity contribution in [2.45, 2.75) is 30.3 Å². The van der Waals surface area contributed by atoms with E-state index in [1.807, 2.05) is 47.9 Å². The minimum Gasteiger partial charge on any atom is -0.466 e. The van der Waals surface area contributed by atoms with E-state index in [1.54, 1.807) is 30.5 Å². The fourth-order valence-corrected chi connectivity index (χ4v) is 5.30. The Bertz CT molecular complexity index is 1320. The van der Waals surface area contributed by atoms with Gasteiger partial charge in [0.2, 0.25) is 16.8 Å². The number of rotatable bonds is 11. The largest absolute Gasteiger partial charge is 0.466 e. The highest BCUT2D eigenvalue weighted by Gasteiger charge is 2.30. The van der Waals surface area contributed by atoms with E-state index in [2.05, 4.69) is 20.7 Å². The van der Waals surface area contributed by atoms with Gasteiger partial charge in [0.25, 0.3) is 0 Å². The zero-order valence-electron chi connectivity index (χ0n) is 20.5. The maximum atomic E-state index is 13.5. The van der Waals surface area contributed by atoms with Crippen molar-refractivity contribution >= 4 is 40.3 Å². The lowest BCUT2D eigenvalue weighted by atomic mass is 10.0. The standard InChI is InChI=1S/C26H28N4O6S2/c1-35-26(32)29-21(15-17-6-3-2-4-7-17)24(31)27-20(14-18-9-11-19(12-10-18)30-38(33)34)22-16-37-25(28-22)23-8-5-13-36-23/h2-13,16,20-21,25,28,38H,14-15H2,1H3,(H,27,31)(H,29,32)(H,30,33,34)/t20-,21-,25?/m0/s1. The summed E-state index contributed by atoms with van der Waals surface area (Å²) in [6, 6.07) is 18.6. The number of nitrogens with one attached hydrogen (secondary N) is 4. The molecule has 0 bridgehead atoms. The van der Waals surface area contributed by atoms with Gasteiger partial charge in [-0.15, -0.1) is 0 Å². The highest BCUT2D eigenvalue weighted by Crippen LogP contribution is 2.35. The first-order valence-corrected chi connectivity index (χ1v) is 13.9. The zero-order chi connectivity index (χ0) is 26.9. The third kappa shape index (κ3) is 7.56. The molecule has 1 aromatic heterocycles. The summed E-state index contributed by atoms with van der Waals surface area (Å²) in [5, 5.41) is 10.9. The van der Waals surface area contributed by atoms with Gasteiger partial charge in [-0.3, -0.25) is 9.52 Å². The molecular weight excluding hydrogens is 528 g/mol. The highest BCUT2D eigenvalue weighted by molar-refractivity contribution is 8.02. The molecule has 0 spiro atoms. The van der Waals surface area contributed by atoms with Gasteiger partial charge in [-0.2, -0.15) is 0 Å². The van der Waals surface area contributed by atoms with Gasteiger partial charge in [-0.25, -0.2) is 13.2 Å². The number of hydrogen-bond acceptors (Lipinski definition) is 8. The average molecular weight is 557 g/mol. The molecule has 3 atom stereocenters. The van der Waals surface area contributed by atoms with Gasteiger partial charge in [0.05, 0.1) is 19.4 Å². The van der Waals surface area contributed by atoms with Gasteiger partial charge >= 0.3 is 6.09 Å². The number of alkyl carbamates (subject to hydrolysis) is 1. The number of thioether (sulfide) groups is 1. The van der Waals surface area contributed by atoms with Crippen LogP contribution in [-0.4, -0.2) is 39.6 Å². The second-order valence-corrected chi connectivity index (χ2v) is 10.2. The maximum absolute atomic E-state index is 13.5. The topological polar surface area (TPSA) is 139 Å². The van der Waals surface area contributed by atoms with Crippen LogP contribution < -0.4 is 20.7 Å². The third-order valence-corrected chi connectivity index (χ3v) is 7.27. The fourth-order valence-electron chi connectivity index (χ4n) is 3.95. The van der Waals surface area contributed by atoms with E-state index in [1.165, 1.54) is 18.9 Å². The molecule has 0 fully saturated rings. The Balaban J connectivity index is 1.54. The maximum Gasteiger partial charge on any atom is 0.407 e. The lowest BCUT2D eigenvalue weighted by molar-refractivity contribution is -0.123. The van der Waals surface area contributed by atoms with Gasteiger partial charge < -0.3 is 25.1 Å². The predicted octanol–water partition coefficient (Wildman–Crippen LogP) is 3.09. The number of hydrogen-bond donors (Lipinski definition) is 5. The second-order valence-electron chi connectivity index (χ2n) is 8.46. The van der Waals surface area contributed by atoms with Gasteiger partial charge in [0.15, 0.2) is 0 Å². The van der Waals surface area contributed by atoms with Crippen LogP contribution >= 0.6 is 11.8 Å². The molecule has 12 heteroatoms. The summed E-state index contributed by atoms with van der Waals surface area (Å²) in [6.45, 7) is 0. The number of furan rings is 1. The molecule has 4 N–H and O–H groups in total. The van der Waals surface area contributed by atoms with Crippen LogP contribution in [0.4, 0.5) is 10.5 Å². The number of benzene rings is 2. The van der Waals surface area contributed by atoms with E-state index in [0.29, 0.717) is 12.1 Å². The molecule has 2 amide bonds. The summed E-state index contributed by atoms with van der Waals surface area (Å²) in [4.78, 5) is 25.5. The summed E-state index contributed by atoms with van der Waals surface area (Å²) < 4.78 is 34.5. The summed E-state index contributed by atoms with van der Waals surface area (Å²) in [7, 11) is -1.52. The molecule has 0 radical (unpaired) electrons. The molecule has 1 unspecified atom stereocenters. The third-order valence-electron chi connectivity index (χ3n) is 5.81. The number of thiol groups is 1. The smallest absolute Gasteiger partial charge is 0.407 e. The van der Waals surface area contributed by atoms with Crippen LogP contribution in [0.1, 0.15) is 22.3 Å². The van der Waals surface area contributed by atoms with Crippen molar-refractivity contribution < 1.29 is 27.2 Å². The quantitative estimate of drug-likeness (QED) is 0.227. The molecule has 1 aliphatic heterocycles. The molecule has 38 heavy (non-hydrogen) atoms. The van der Waals surface area contributed by atoms with Crippen LogP contribution in [0.3, 0.4) is 0 Å². The average Bonchev–Trinajstić information content (AvgIpc) is 3.62. The number of carbonyl (C=O) groups is 2. The van der Waals surface area contributed by atoms with Gasteiger partial charge in [0.1, 0.15) is 17.2 Å². The zero-order valence-corrected chi connectivity index (χ0v) is 22.2. The molecule has 1 aliphatic rings. The van der Waals surface area contributed by atoms with Crippen molar-refractivity contribution in [1.82, 2.24) is 16.0 Å². The molecule has 3 aromatic rings. The van der Waals surface area contributed by atoms with E-state index in [-0.39, 0.29) is 17.7 Å². The van der Waals surface area contributed by atoms with Gasteiger partial charge in [-0.05, 0) is 47.2 Å². The molecule has 200 valence electrons. The van der Waals surface area contributed by atoms with Crippen molar-refractivity contribution in [2.24, 2.45) is 0 Å². The molecule has 2 aromatic carbocycles. The second kappa shape index (κ2) is 13.1. The Morgan fingerprint density at radius 1 is 1.00 bits per heavy atom. The van der Waals surface area contributed by atoms with Crippen LogP contribution in [0.2, 0.25) is 0 Å². The Morgan fingerprint density at radius 2 is 1.74 bits per heavy atom. The van der Waals surface area contributed by atoms with Crippen molar-refractivity contribution in [2.75, 3.05) is 11.8 Å². The number of anilines is 1. The Hall–Kier alpha value is -3.90. The lowest BCUT2D eigenvalue weighted by Gasteiger charge is -2.25. The SMILES string of the molecule is COC(=O)N[C@@H](Cc1ccccc1)C(=O)N[C@@H](Cc1ccc(N[SH](=O)=O)cc1)C1=CSC(c2ccco2)N1. The van der Waals surface area contributed by atoms with Crippen LogP contribution in [0.25, 0.3) is 0 Å². The van der Waals surface area contributed by atoms with Crippen molar-refractivity contribution in [3.05, 3.63) is 101 Å². The molecule has 0 saturated carbocycles. The van der Waals surface area contributed by atoms with Crippen molar-refractivity contribution in [3.8, 4) is 0 Å². The molecular formula is C26H28N4O6S2. The van der Waals surface area contributed by atoms with Crippen LogP contribution in [0.15, 0.2) is 88.5 Å². The first-order chi connectivity index (χ1) is 18.4. The van der Waals surface area contributed by atoms with Crippen LogP contribution in [-0.2, 0) is 33.3 Å². The highest BCUT2D eigenvalue weighted by atomic mass is 32.2. The van der Waals surface area contributed by atoms with E-state index in [9.17, 15) is 18.0 Å². The van der Waals surface area contributed by atoms with Crippen LogP contribution in [0, 0.1) is 0 Å². The number of carbonyl (C=O) groups excluding carboxylic acids is 2. The van der Waals surface area contributed by atoms with Gasteiger partial charge in [-0.1, -0.05) is 54.2 Å².